The number of hydrogen-bond donors (Lipinski definition) is 0. The summed E-state index contributed by atoms with van der Waals surface area (Å²) in [7, 11) is -4.00. The molecule has 0 radical (unpaired) electrons. The molecule has 0 saturated carbocycles. The fraction of sp³-hybridized carbons (Fsp3) is 0.0833. The zero-order valence-corrected chi connectivity index (χ0v) is 10.6. The summed E-state index contributed by atoms with van der Waals surface area (Å²) in [5.41, 5.74) is -0.780. The van der Waals surface area contributed by atoms with Gasteiger partial charge < -0.3 is 0 Å². The highest BCUT2D eigenvalue weighted by molar-refractivity contribution is 7.90. The lowest BCUT2D eigenvalue weighted by Gasteiger charge is -2.09. The Bertz CT molecular complexity index is 730. The van der Waals surface area contributed by atoms with E-state index in [9.17, 15) is 26.4 Å². The Morgan fingerprint density at radius 3 is 2.10 bits per heavy atom. The first-order valence-electron chi connectivity index (χ1n) is 5.31. The second-order valence-electron chi connectivity index (χ2n) is 3.92. The third-order valence-corrected chi connectivity index (χ3v) is 4.23. The number of alkyl halides is 3. The molecule has 2 rings (SSSR count). The van der Waals surface area contributed by atoms with Crippen LogP contribution in [-0.2, 0) is 16.2 Å². The quantitative estimate of drug-likeness (QED) is 0.819. The van der Waals surface area contributed by atoms with Crippen LogP contribution in [0.2, 0.25) is 0 Å². The SMILES string of the molecule is O=Cc1ccn(S(=O)(=O)c2ccc(C(F)(F)F)cc2)c1. The maximum Gasteiger partial charge on any atom is 0.416 e. The molecule has 0 aliphatic rings. The molecule has 0 N–H and O–H groups in total. The molecular formula is C12H8F3NO3S. The van der Waals surface area contributed by atoms with Crippen molar-refractivity contribution in [3.8, 4) is 0 Å². The predicted octanol–water partition coefficient (Wildman–Crippen LogP) is 2.56. The summed E-state index contributed by atoms with van der Waals surface area (Å²) in [6.07, 6.45) is -1.82. The molecule has 0 atom stereocenters. The molecule has 0 saturated heterocycles. The highest BCUT2D eigenvalue weighted by Crippen LogP contribution is 2.30. The van der Waals surface area contributed by atoms with Crippen LogP contribution in [0, 0.1) is 0 Å². The predicted molar refractivity (Wildman–Crippen MR) is 63.8 cm³/mol. The maximum atomic E-state index is 12.4. The Kier molecular flexibility index (Phi) is 3.43. The van der Waals surface area contributed by atoms with E-state index < -0.39 is 21.8 Å². The molecular weight excluding hydrogens is 295 g/mol. The fourth-order valence-corrected chi connectivity index (χ4v) is 2.75. The van der Waals surface area contributed by atoms with Gasteiger partial charge in [-0.3, -0.25) is 4.79 Å². The van der Waals surface area contributed by atoms with E-state index in [0.29, 0.717) is 18.4 Å². The van der Waals surface area contributed by atoms with Crippen molar-refractivity contribution in [1.29, 1.82) is 0 Å². The highest BCUT2D eigenvalue weighted by atomic mass is 32.2. The van der Waals surface area contributed by atoms with Crippen molar-refractivity contribution in [2.24, 2.45) is 0 Å². The monoisotopic (exact) mass is 303 g/mol. The van der Waals surface area contributed by atoms with Gasteiger partial charge in [0.25, 0.3) is 10.0 Å². The third kappa shape index (κ3) is 2.60. The van der Waals surface area contributed by atoms with Crippen LogP contribution in [-0.4, -0.2) is 18.7 Å². The van der Waals surface area contributed by atoms with E-state index in [1.165, 1.54) is 6.07 Å². The number of aromatic nitrogens is 1. The van der Waals surface area contributed by atoms with Crippen LogP contribution in [0.25, 0.3) is 0 Å². The number of rotatable bonds is 3. The van der Waals surface area contributed by atoms with E-state index in [1.807, 2.05) is 0 Å². The summed E-state index contributed by atoms with van der Waals surface area (Å²) in [5.74, 6) is 0. The minimum atomic E-state index is -4.53. The Labute approximate surface area is 112 Å². The molecule has 4 nitrogen and oxygen atoms in total. The average Bonchev–Trinajstić information content (AvgIpc) is 2.87. The Hall–Kier alpha value is -2.09. The molecule has 0 amide bonds. The van der Waals surface area contributed by atoms with Crippen molar-refractivity contribution in [2.45, 2.75) is 11.1 Å². The van der Waals surface area contributed by atoms with Crippen LogP contribution in [0.4, 0.5) is 13.2 Å². The van der Waals surface area contributed by atoms with Gasteiger partial charge in [0.05, 0.1) is 10.5 Å². The van der Waals surface area contributed by atoms with E-state index in [-0.39, 0.29) is 10.5 Å². The van der Waals surface area contributed by atoms with Crippen molar-refractivity contribution in [1.82, 2.24) is 3.97 Å². The zero-order chi connectivity index (χ0) is 15.0. The first kappa shape index (κ1) is 14.3. The summed E-state index contributed by atoms with van der Waals surface area (Å²) in [4.78, 5) is 10.2. The minimum Gasteiger partial charge on any atom is -0.298 e. The second-order valence-corrected chi connectivity index (χ2v) is 5.76. The van der Waals surface area contributed by atoms with E-state index in [4.69, 9.17) is 0 Å². The minimum absolute atomic E-state index is 0.153. The van der Waals surface area contributed by atoms with Crippen LogP contribution >= 0.6 is 0 Å². The normalized spacial score (nSPS) is 12.3. The van der Waals surface area contributed by atoms with Crippen LogP contribution in [0.5, 0.6) is 0 Å². The van der Waals surface area contributed by atoms with Crippen molar-refractivity contribution < 1.29 is 26.4 Å². The van der Waals surface area contributed by atoms with Crippen LogP contribution in [0.1, 0.15) is 15.9 Å². The Balaban J connectivity index is 2.42. The van der Waals surface area contributed by atoms with Gasteiger partial charge in [-0.25, -0.2) is 12.4 Å². The number of halogens is 3. The summed E-state index contributed by atoms with van der Waals surface area (Å²) in [5, 5.41) is 0. The van der Waals surface area contributed by atoms with Crippen molar-refractivity contribution >= 4 is 16.3 Å². The second kappa shape index (κ2) is 4.78. The van der Waals surface area contributed by atoms with Gasteiger partial charge in [-0.05, 0) is 30.3 Å². The molecule has 0 spiro atoms. The van der Waals surface area contributed by atoms with Gasteiger partial charge in [0.2, 0.25) is 0 Å². The molecule has 0 unspecified atom stereocenters. The summed E-state index contributed by atoms with van der Waals surface area (Å²) >= 11 is 0. The van der Waals surface area contributed by atoms with E-state index in [2.05, 4.69) is 0 Å². The van der Waals surface area contributed by atoms with E-state index >= 15 is 0 Å². The largest absolute Gasteiger partial charge is 0.416 e. The number of nitrogens with zero attached hydrogens (tertiary/aromatic N) is 1. The lowest BCUT2D eigenvalue weighted by molar-refractivity contribution is -0.137. The Morgan fingerprint density at radius 2 is 1.65 bits per heavy atom. The maximum absolute atomic E-state index is 12.4. The third-order valence-electron chi connectivity index (χ3n) is 2.58. The lowest BCUT2D eigenvalue weighted by atomic mass is 10.2. The van der Waals surface area contributed by atoms with Crippen LogP contribution in [0.15, 0.2) is 47.6 Å². The first-order chi connectivity index (χ1) is 9.25. The van der Waals surface area contributed by atoms with Crippen LogP contribution < -0.4 is 0 Å². The van der Waals surface area contributed by atoms with Gasteiger partial charge in [-0.2, -0.15) is 13.2 Å². The van der Waals surface area contributed by atoms with Crippen LogP contribution in [0.3, 0.4) is 0 Å². The zero-order valence-electron chi connectivity index (χ0n) is 9.83. The van der Waals surface area contributed by atoms with Gasteiger partial charge in [0.15, 0.2) is 6.29 Å². The van der Waals surface area contributed by atoms with Gasteiger partial charge in [-0.15, -0.1) is 0 Å². The topological polar surface area (TPSA) is 56.1 Å². The first-order valence-corrected chi connectivity index (χ1v) is 6.75. The Morgan fingerprint density at radius 1 is 1.05 bits per heavy atom. The van der Waals surface area contributed by atoms with Gasteiger partial charge in [-0.1, -0.05) is 0 Å². The summed E-state index contributed by atoms with van der Waals surface area (Å²) < 4.78 is 62.1. The molecule has 0 fully saturated rings. The van der Waals surface area contributed by atoms with Crippen molar-refractivity contribution in [3.63, 3.8) is 0 Å². The van der Waals surface area contributed by atoms with Crippen molar-refractivity contribution in [3.05, 3.63) is 53.9 Å². The summed E-state index contributed by atoms with van der Waals surface area (Å²) in [6, 6.07) is 4.42. The van der Waals surface area contributed by atoms with E-state index in [0.717, 1.165) is 28.5 Å². The van der Waals surface area contributed by atoms with E-state index in [1.54, 1.807) is 0 Å². The molecule has 1 heterocycles. The number of carbonyl (C=O) groups excluding carboxylic acids is 1. The molecule has 8 heteroatoms. The van der Waals surface area contributed by atoms with Crippen molar-refractivity contribution in [2.75, 3.05) is 0 Å². The molecule has 0 aliphatic heterocycles. The smallest absolute Gasteiger partial charge is 0.298 e. The highest BCUT2D eigenvalue weighted by Gasteiger charge is 2.30. The van der Waals surface area contributed by atoms with Gasteiger partial charge in [0.1, 0.15) is 0 Å². The molecule has 106 valence electrons. The van der Waals surface area contributed by atoms with Gasteiger partial charge >= 0.3 is 6.18 Å². The lowest BCUT2D eigenvalue weighted by Crippen LogP contribution is -2.12. The number of benzene rings is 1. The summed E-state index contributed by atoms with van der Waals surface area (Å²) in [6.45, 7) is 0. The standard InChI is InChI=1S/C12H8F3NO3S/c13-12(14,15)10-1-3-11(4-2-10)20(18,19)16-6-5-9(7-16)8-17/h1-8H. The molecule has 1 aromatic heterocycles. The molecule has 0 bridgehead atoms. The fourth-order valence-electron chi connectivity index (χ4n) is 1.55. The molecule has 1 aromatic carbocycles. The molecule has 2 aromatic rings. The number of aldehydes is 1. The number of carbonyl (C=O) groups is 1. The molecule has 0 aliphatic carbocycles. The number of hydrogen-bond acceptors (Lipinski definition) is 3. The molecule has 20 heavy (non-hydrogen) atoms. The average molecular weight is 303 g/mol. The van der Waals surface area contributed by atoms with Gasteiger partial charge in [0, 0.05) is 18.0 Å².